The highest BCUT2D eigenvalue weighted by Gasteiger charge is 2.17. The van der Waals surface area contributed by atoms with Gasteiger partial charge in [-0.25, -0.2) is 0 Å². The molecule has 0 radical (unpaired) electrons. The van der Waals surface area contributed by atoms with Gasteiger partial charge in [-0.05, 0) is 36.2 Å². The molecule has 0 saturated heterocycles. The summed E-state index contributed by atoms with van der Waals surface area (Å²) in [6.07, 6.45) is 0.528. The zero-order valence-electron chi connectivity index (χ0n) is 14.4. The minimum Gasteiger partial charge on any atom is -0.492 e. The maximum atomic E-state index is 10.9. The number of carbonyl (C=O) groups is 1. The zero-order chi connectivity index (χ0) is 17.6. The molecule has 0 fully saturated rings. The highest BCUT2D eigenvalue weighted by Crippen LogP contribution is 2.30. The van der Waals surface area contributed by atoms with Crippen molar-refractivity contribution in [3.8, 4) is 11.5 Å². The Labute approximate surface area is 147 Å². The normalized spacial score (nSPS) is 14.4. The number of hydrogen-bond donors (Lipinski definition) is 1. The predicted molar refractivity (Wildman–Crippen MR) is 96.6 cm³/mol. The summed E-state index contributed by atoms with van der Waals surface area (Å²) in [7, 11) is 0. The molecular formula is C20H23NO4. The monoisotopic (exact) mass is 341 g/mol. The molecule has 1 N–H and O–H groups in total. The molecule has 2 aromatic rings. The average molecular weight is 341 g/mol. The van der Waals surface area contributed by atoms with Gasteiger partial charge in [0.25, 0.3) is 0 Å². The molecule has 0 bridgehead atoms. The molecule has 5 nitrogen and oxygen atoms in total. The molecule has 132 valence electrons. The van der Waals surface area contributed by atoms with Crippen molar-refractivity contribution in [1.82, 2.24) is 0 Å². The topological polar surface area (TPSA) is 59.0 Å². The first-order chi connectivity index (χ1) is 12.1. The lowest BCUT2D eigenvalue weighted by atomic mass is 10.0. The molecule has 0 spiro atoms. The summed E-state index contributed by atoms with van der Waals surface area (Å²) in [6, 6.07) is 15.7. The largest absolute Gasteiger partial charge is 0.492 e. The van der Waals surface area contributed by atoms with Crippen LogP contribution in [-0.4, -0.2) is 37.4 Å². The zero-order valence-corrected chi connectivity index (χ0v) is 14.4. The Morgan fingerprint density at radius 1 is 1.24 bits per heavy atom. The maximum Gasteiger partial charge on any atom is 0.306 e. The Kier molecular flexibility index (Phi) is 5.43. The molecule has 1 atom stereocenters. The molecule has 5 heteroatoms. The van der Waals surface area contributed by atoms with Crippen LogP contribution in [0.15, 0.2) is 48.5 Å². The number of para-hydroxylation sites is 2. The van der Waals surface area contributed by atoms with E-state index in [1.807, 2.05) is 42.5 Å². The lowest BCUT2D eigenvalue weighted by molar-refractivity contribution is -0.141. The first kappa shape index (κ1) is 17.1. The summed E-state index contributed by atoms with van der Waals surface area (Å²) in [4.78, 5) is 13.2. The van der Waals surface area contributed by atoms with E-state index in [0.29, 0.717) is 19.6 Å². The lowest BCUT2D eigenvalue weighted by Gasteiger charge is -2.31. The number of carboxylic acids is 1. The number of anilines is 1. The number of carboxylic acid groups (broad SMARTS) is 1. The van der Waals surface area contributed by atoms with Crippen molar-refractivity contribution >= 4 is 11.7 Å². The number of hydrogen-bond acceptors (Lipinski definition) is 4. The Morgan fingerprint density at radius 3 is 2.76 bits per heavy atom. The third-order valence-electron chi connectivity index (χ3n) is 4.34. The highest BCUT2D eigenvalue weighted by atomic mass is 16.5. The Bertz CT molecular complexity index is 714. The molecule has 2 aromatic carbocycles. The average Bonchev–Trinajstić information content (AvgIpc) is 2.63. The first-order valence-electron chi connectivity index (χ1n) is 8.55. The summed E-state index contributed by atoms with van der Waals surface area (Å²) in [5.74, 6) is 0.568. The molecule has 3 rings (SSSR count). The van der Waals surface area contributed by atoms with E-state index in [2.05, 4.69) is 11.0 Å². The van der Waals surface area contributed by atoms with Crippen LogP contribution in [0.5, 0.6) is 11.5 Å². The van der Waals surface area contributed by atoms with Crippen LogP contribution in [-0.2, 0) is 11.2 Å². The SMILES string of the molecule is CC(Cc1ccc(OCCN2CCOc3ccccc32)cc1)C(=O)O. The summed E-state index contributed by atoms with van der Waals surface area (Å²) >= 11 is 0. The smallest absolute Gasteiger partial charge is 0.306 e. The summed E-state index contributed by atoms with van der Waals surface area (Å²) in [5, 5.41) is 8.97. The van der Waals surface area contributed by atoms with E-state index in [9.17, 15) is 4.79 Å². The number of aliphatic carboxylic acids is 1. The van der Waals surface area contributed by atoms with Crippen LogP contribution in [0.2, 0.25) is 0 Å². The highest BCUT2D eigenvalue weighted by molar-refractivity contribution is 5.69. The van der Waals surface area contributed by atoms with E-state index in [-0.39, 0.29) is 5.92 Å². The minimum atomic E-state index is -0.772. The van der Waals surface area contributed by atoms with Gasteiger partial charge >= 0.3 is 5.97 Å². The lowest BCUT2D eigenvalue weighted by Crippen LogP contribution is -2.35. The van der Waals surface area contributed by atoms with Crippen molar-refractivity contribution in [3.05, 3.63) is 54.1 Å². The van der Waals surface area contributed by atoms with Gasteiger partial charge in [-0.2, -0.15) is 0 Å². The van der Waals surface area contributed by atoms with Gasteiger partial charge in [-0.1, -0.05) is 31.2 Å². The van der Waals surface area contributed by atoms with Crippen LogP contribution in [0.25, 0.3) is 0 Å². The fourth-order valence-electron chi connectivity index (χ4n) is 2.90. The molecule has 1 aliphatic rings. The van der Waals surface area contributed by atoms with Crippen LogP contribution in [0.3, 0.4) is 0 Å². The van der Waals surface area contributed by atoms with Crippen molar-refractivity contribution in [2.45, 2.75) is 13.3 Å². The van der Waals surface area contributed by atoms with Crippen molar-refractivity contribution in [3.63, 3.8) is 0 Å². The van der Waals surface area contributed by atoms with E-state index in [0.717, 1.165) is 35.8 Å². The van der Waals surface area contributed by atoms with Gasteiger partial charge in [0, 0.05) is 0 Å². The number of fused-ring (bicyclic) bond motifs is 1. The number of ether oxygens (including phenoxy) is 2. The quantitative estimate of drug-likeness (QED) is 0.838. The van der Waals surface area contributed by atoms with E-state index in [1.54, 1.807) is 6.92 Å². The molecule has 1 aliphatic heterocycles. The van der Waals surface area contributed by atoms with Gasteiger partial charge in [0.2, 0.25) is 0 Å². The molecule has 0 aliphatic carbocycles. The Morgan fingerprint density at radius 2 is 2.00 bits per heavy atom. The van der Waals surface area contributed by atoms with Gasteiger partial charge in [0.15, 0.2) is 0 Å². The van der Waals surface area contributed by atoms with E-state index in [4.69, 9.17) is 14.6 Å². The molecule has 0 amide bonds. The summed E-state index contributed by atoms with van der Waals surface area (Å²) in [6.45, 7) is 4.63. The molecule has 1 heterocycles. The van der Waals surface area contributed by atoms with E-state index in [1.165, 1.54) is 0 Å². The van der Waals surface area contributed by atoms with Crippen molar-refractivity contribution in [1.29, 1.82) is 0 Å². The van der Waals surface area contributed by atoms with Crippen molar-refractivity contribution in [2.75, 3.05) is 31.2 Å². The van der Waals surface area contributed by atoms with Gasteiger partial charge in [-0.15, -0.1) is 0 Å². The van der Waals surface area contributed by atoms with E-state index < -0.39 is 5.97 Å². The summed E-state index contributed by atoms with van der Waals surface area (Å²) in [5.41, 5.74) is 2.11. The molecule has 25 heavy (non-hydrogen) atoms. The second-order valence-electron chi connectivity index (χ2n) is 6.24. The maximum absolute atomic E-state index is 10.9. The third kappa shape index (κ3) is 4.44. The fourth-order valence-corrected chi connectivity index (χ4v) is 2.90. The first-order valence-corrected chi connectivity index (χ1v) is 8.55. The van der Waals surface area contributed by atoms with Crippen LogP contribution in [0.4, 0.5) is 5.69 Å². The predicted octanol–water partition coefficient (Wildman–Crippen LogP) is 3.23. The molecule has 0 aromatic heterocycles. The molecular weight excluding hydrogens is 318 g/mol. The Balaban J connectivity index is 1.50. The third-order valence-corrected chi connectivity index (χ3v) is 4.34. The van der Waals surface area contributed by atoms with E-state index >= 15 is 0 Å². The van der Waals surface area contributed by atoms with Crippen LogP contribution < -0.4 is 14.4 Å². The molecule has 1 unspecified atom stereocenters. The number of benzene rings is 2. The standard InChI is InChI=1S/C20H23NO4/c1-15(20(22)23)14-16-6-8-17(9-7-16)24-12-10-21-11-13-25-19-5-3-2-4-18(19)21/h2-9,15H,10-14H2,1H3,(H,22,23). The fraction of sp³-hybridized carbons (Fsp3) is 0.350. The van der Waals surface area contributed by atoms with Crippen molar-refractivity contribution < 1.29 is 19.4 Å². The number of rotatable bonds is 7. The van der Waals surface area contributed by atoms with Gasteiger partial charge < -0.3 is 19.5 Å². The second kappa shape index (κ2) is 7.92. The Hall–Kier alpha value is -2.69. The van der Waals surface area contributed by atoms with Crippen molar-refractivity contribution in [2.24, 2.45) is 5.92 Å². The van der Waals surface area contributed by atoms with Crippen LogP contribution in [0, 0.1) is 5.92 Å². The minimum absolute atomic E-state index is 0.381. The molecule has 0 saturated carbocycles. The van der Waals surface area contributed by atoms with Gasteiger partial charge in [0.1, 0.15) is 24.7 Å². The van der Waals surface area contributed by atoms with Crippen LogP contribution in [0.1, 0.15) is 12.5 Å². The summed E-state index contributed by atoms with van der Waals surface area (Å²) < 4.78 is 11.5. The van der Waals surface area contributed by atoms with Gasteiger partial charge in [-0.3, -0.25) is 4.79 Å². The van der Waals surface area contributed by atoms with Gasteiger partial charge in [0.05, 0.1) is 24.7 Å². The second-order valence-corrected chi connectivity index (χ2v) is 6.24. The van der Waals surface area contributed by atoms with Crippen LogP contribution >= 0.6 is 0 Å². The number of nitrogens with zero attached hydrogens (tertiary/aromatic N) is 1.